The number of anilines is 1. The van der Waals surface area contributed by atoms with Crippen molar-refractivity contribution in [3.05, 3.63) is 100 Å². The maximum absolute atomic E-state index is 13.2. The summed E-state index contributed by atoms with van der Waals surface area (Å²) in [6.45, 7) is 0.833. The first kappa shape index (κ1) is 22.4. The first-order chi connectivity index (χ1) is 17.5. The number of benzene rings is 3. The van der Waals surface area contributed by atoms with Crippen LogP contribution in [-0.4, -0.2) is 40.3 Å². The highest BCUT2D eigenvalue weighted by Gasteiger charge is 2.47. The lowest BCUT2D eigenvalue weighted by Gasteiger charge is -2.28. The molecule has 4 aromatic rings. The maximum atomic E-state index is 13.2. The fourth-order valence-corrected chi connectivity index (χ4v) is 5.28. The average Bonchev–Trinajstić information content (AvgIpc) is 3.40. The van der Waals surface area contributed by atoms with Crippen LogP contribution in [0.25, 0.3) is 10.9 Å². The number of halogens is 1. The summed E-state index contributed by atoms with van der Waals surface area (Å²) in [5, 5.41) is 4.63. The lowest BCUT2D eigenvalue weighted by atomic mass is 9.95. The molecule has 0 bridgehead atoms. The van der Waals surface area contributed by atoms with Gasteiger partial charge in [-0.3, -0.25) is 9.59 Å². The van der Waals surface area contributed by atoms with Gasteiger partial charge in [0.05, 0.1) is 5.69 Å². The van der Waals surface area contributed by atoms with E-state index in [1.165, 1.54) is 4.90 Å². The van der Waals surface area contributed by atoms with Crippen molar-refractivity contribution in [1.29, 1.82) is 0 Å². The average molecular weight is 499 g/mol. The molecule has 3 heterocycles. The van der Waals surface area contributed by atoms with E-state index in [0.29, 0.717) is 42.2 Å². The van der Waals surface area contributed by atoms with Crippen molar-refractivity contribution in [3.8, 4) is 0 Å². The zero-order chi connectivity index (χ0) is 24.8. The number of H-pyrrole nitrogens is 1. The SMILES string of the molecule is O=C(NCCc1c[nH]c2ccc(Cl)cc12)c1cccc(N2C(=O)[C@@H]3Cc4ccccc4CN3C2=O)c1. The standard InChI is InChI=1S/C28H23ClN4O3/c29-21-8-9-24-23(14-21)19(15-31-24)10-11-30-26(34)18-6-3-7-22(12-18)33-27(35)25-13-17-4-1-2-5-20(17)16-32(25)28(33)36/h1-9,12,14-15,25,31H,10-11,13,16H2,(H,30,34)/t25-/m0/s1. The van der Waals surface area contributed by atoms with Crippen LogP contribution in [0.5, 0.6) is 0 Å². The van der Waals surface area contributed by atoms with E-state index in [0.717, 1.165) is 27.6 Å². The number of fused-ring (bicyclic) bond motifs is 3. The molecule has 2 aliphatic rings. The van der Waals surface area contributed by atoms with Gasteiger partial charge in [0.1, 0.15) is 6.04 Å². The van der Waals surface area contributed by atoms with Gasteiger partial charge in [-0.2, -0.15) is 0 Å². The van der Waals surface area contributed by atoms with Gasteiger partial charge in [0.15, 0.2) is 0 Å². The third-order valence-electron chi connectivity index (χ3n) is 6.97. The van der Waals surface area contributed by atoms with E-state index >= 15 is 0 Å². The molecular weight excluding hydrogens is 476 g/mol. The maximum Gasteiger partial charge on any atom is 0.332 e. The van der Waals surface area contributed by atoms with Gasteiger partial charge in [0.2, 0.25) is 0 Å². The summed E-state index contributed by atoms with van der Waals surface area (Å²) < 4.78 is 0. The number of hydrogen-bond donors (Lipinski definition) is 2. The quantitative estimate of drug-likeness (QED) is 0.391. The molecule has 4 amide bonds. The Balaban J connectivity index is 1.15. The van der Waals surface area contributed by atoms with E-state index in [1.807, 2.05) is 48.7 Å². The Morgan fingerprint density at radius 1 is 1.03 bits per heavy atom. The molecule has 0 radical (unpaired) electrons. The van der Waals surface area contributed by atoms with Crippen molar-refractivity contribution in [1.82, 2.24) is 15.2 Å². The highest BCUT2D eigenvalue weighted by atomic mass is 35.5. The van der Waals surface area contributed by atoms with Crippen LogP contribution in [0.15, 0.2) is 72.9 Å². The Hall–Kier alpha value is -4.10. The molecule has 1 atom stereocenters. The molecule has 6 rings (SSSR count). The van der Waals surface area contributed by atoms with E-state index in [4.69, 9.17) is 11.6 Å². The molecule has 1 aromatic heterocycles. The largest absolute Gasteiger partial charge is 0.361 e. The topological polar surface area (TPSA) is 85.5 Å². The van der Waals surface area contributed by atoms with Gasteiger partial charge in [-0.25, -0.2) is 9.69 Å². The molecule has 36 heavy (non-hydrogen) atoms. The third kappa shape index (κ3) is 3.82. The molecule has 2 N–H and O–H groups in total. The van der Waals surface area contributed by atoms with Crippen LogP contribution in [0, 0.1) is 0 Å². The molecule has 2 aliphatic heterocycles. The number of nitrogens with zero attached hydrogens (tertiary/aromatic N) is 2. The normalized spacial score (nSPS) is 16.9. The van der Waals surface area contributed by atoms with Crippen molar-refractivity contribution >= 4 is 46.0 Å². The highest BCUT2D eigenvalue weighted by Crippen LogP contribution is 2.33. The number of amides is 4. The summed E-state index contributed by atoms with van der Waals surface area (Å²) >= 11 is 6.13. The summed E-state index contributed by atoms with van der Waals surface area (Å²) in [5.41, 5.74) is 5.00. The van der Waals surface area contributed by atoms with Gasteiger partial charge in [0, 0.05) is 47.2 Å². The lowest BCUT2D eigenvalue weighted by Crippen LogP contribution is -2.39. The van der Waals surface area contributed by atoms with E-state index in [2.05, 4.69) is 10.3 Å². The zero-order valence-electron chi connectivity index (χ0n) is 19.3. The van der Waals surface area contributed by atoms with Gasteiger partial charge in [-0.15, -0.1) is 0 Å². The summed E-state index contributed by atoms with van der Waals surface area (Å²) in [4.78, 5) is 45.3. The zero-order valence-corrected chi connectivity index (χ0v) is 20.1. The van der Waals surface area contributed by atoms with E-state index in [-0.39, 0.29) is 17.8 Å². The van der Waals surface area contributed by atoms with Crippen LogP contribution in [-0.2, 0) is 24.2 Å². The predicted octanol–water partition coefficient (Wildman–Crippen LogP) is 4.69. The Morgan fingerprint density at radius 2 is 1.86 bits per heavy atom. The molecule has 0 saturated carbocycles. The van der Waals surface area contributed by atoms with Gasteiger partial charge < -0.3 is 15.2 Å². The van der Waals surface area contributed by atoms with Crippen LogP contribution < -0.4 is 10.2 Å². The number of aromatic amines is 1. The van der Waals surface area contributed by atoms with Crippen LogP contribution in [0.3, 0.4) is 0 Å². The minimum absolute atomic E-state index is 0.259. The summed E-state index contributed by atoms with van der Waals surface area (Å²) in [5.74, 6) is -0.524. The smallest absolute Gasteiger partial charge is 0.332 e. The molecule has 7 nitrogen and oxygen atoms in total. The Kier molecular flexibility index (Phi) is 5.49. The number of aromatic nitrogens is 1. The molecule has 0 spiro atoms. The van der Waals surface area contributed by atoms with E-state index in [9.17, 15) is 14.4 Å². The molecule has 0 unspecified atom stereocenters. The van der Waals surface area contributed by atoms with Gasteiger partial charge >= 0.3 is 6.03 Å². The number of carbonyl (C=O) groups excluding carboxylic acids is 3. The van der Waals surface area contributed by atoms with Crippen LogP contribution in [0.2, 0.25) is 5.02 Å². The number of imide groups is 1. The number of urea groups is 1. The number of carbonyl (C=O) groups is 3. The van der Waals surface area contributed by atoms with Crippen LogP contribution in [0.4, 0.5) is 10.5 Å². The second-order valence-corrected chi connectivity index (χ2v) is 9.57. The first-order valence-corrected chi connectivity index (χ1v) is 12.2. The second-order valence-electron chi connectivity index (χ2n) is 9.13. The predicted molar refractivity (Wildman–Crippen MR) is 138 cm³/mol. The minimum Gasteiger partial charge on any atom is -0.361 e. The summed E-state index contributed by atoms with van der Waals surface area (Å²) in [6, 6.07) is 19.3. The lowest BCUT2D eigenvalue weighted by molar-refractivity contribution is -0.120. The third-order valence-corrected chi connectivity index (χ3v) is 7.20. The number of hydrogen-bond acceptors (Lipinski definition) is 3. The molecule has 180 valence electrons. The molecule has 1 fully saturated rings. The molecule has 1 saturated heterocycles. The first-order valence-electron chi connectivity index (χ1n) is 11.8. The fourth-order valence-electron chi connectivity index (χ4n) is 5.11. The Bertz CT molecular complexity index is 1490. The number of nitrogens with one attached hydrogen (secondary N) is 2. The molecule has 0 aliphatic carbocycles. The summed E-state index contributed by atoms with van der Waals surface area (Å²) in [7, 11) is 0. The highest BCUT2D eigenvalue weighted by molar-refractivity contribution is 6.31. The van der Waals surface area contributed by atoms with Gasteiger partial charge in [0.25, 0.3) is 11.8 Å². The van der Waals surface area contributed by atoms with E-state index in [1.54, 1.807) is 29.2 Å². The minimum atomic E-state index is -0.519. The van der Waals surface area contributed by atoms with Crippen molar-refractivity contribution in [2.24, 2.45) is 0 Å². The molecule has 3 aromatic carbocycles. The number of rotatable bonds is 5. The van der Waals surface area contributed by atoms with Crippen LogP contribution in [0.1, 0.15) is 27.0 Å². The van der Waals surface area contributed by atoms with Crippen molar-refractivity contribution < 1.29 is 14.4 Å². The monoisotopic (exact) mass is 498 g/mol. The van der Waals surface area contributed by atoms with Crippen molar-refractivity contribution in [2.75, 3.05) is 11.4 Å². The Labute approximate surface area is 212 Å². The van der Waals surface area contributed by atoms with E-state index < -0.39 is 6.04 Å². The van der Waals surface area contributed by atoms with Gasteiger partial charge in [-0.05, 0) is 59.5 Å². The second kappa shape index (κ2) is 8.84. The Morgan fingerprint density at radius 3 is 2.72 bits per heavy atom. The molecular formula is C28H23ClN4O3. The van der Waals surface area contributed by atoms with Crippen molar-refractivity contribution in [3.63, 3.8) is 0 Å². The molecule has 8 heteroatoms. The van der Waals surface area contributed by atoms with Gasteiger partial charge in [-0.1, -0.05) is 41.9 Å². The van der Waals surface area contributed by atoms with Crippen LogP contribution >= 0.6 is 11.6 Å². The van der Waals surface area contributed by atoms with Crippen molar-refractivity contribution in [2.45, 2.75) is 25.4 Å². The summed E-state index contributed by atoms with van der Waals surface area (Å²) in [6.07, 6.45) is 3.05. The fraction of sp³-hybridized carbons (Fsp3) is 0.179.